The number of imidazole rings is 1. The van der Waals surface area contributed by atoms with Crippen molar-refractivity contribution in [1.29, 1.82) is 0 Å². The van der Waals surface area contributed by atoms with Gasteiger partial charge in [-0.1, -0.05) is 23.5 Å². The van der Waals surface area contributed by atoms with E-state index in [1.807, 2.05) is 60.3 Å². The Morgan fingerprint density at radius 3 is 2.79 bits per heavy atom. The fourth-order valence-corrected chi connectivity index (χ4v) is 4.45. The summed E-state index contributed by atoms with van der Waals surface area (Å²) in [6, 6.07) is 11.6. The number of amides is 1. The lowest BCUT2D eigenvalue weighted by Crippen LogP contribution is -2.29. The van der Waals surface area contributed by atoms with E-state index in [0.717, 1.165) is 39.9 Å². The molecular weight excluding hydrogens is 390 g/mol. The second kappa shape index (κ2) is 8.20. The molecule has 144 valence electrons. The highest BCUT2D eigenvalue weighted by Gasteiger charge is 2.22. The highest BCUT2D eigenvalue weighted by atomic mass is 32.2. The van der Waals surface area contributed by atoms with Gasteiger partial charge >= 0.3 is 0 Å². The molecule has 0 fully saturated rings. The molecule has 1 aromatic carbocycles. The molecule has 0 spiro atoms. The summed E-state index contributed by atoms with van der Waals surface area (Å²) >= 11 is 3.15. The van der Waals surface area contributed by atoms with Gasteiger partial charge in [0, 0.05) is 12.4 Å². The third-order valence-corrected chi connectivity index (χ3v) is 6.28. The van der Waals surface area contributed by atoms with E-state index in [4.69, 9.17) is 0 Å². The summed E-state index contributed by atoms with van der Waals surface area (Å²) in [5.74, 6) is 1.61. The second-order valence-corrected chi connectivity index (χ2v) is 8.41. The molecule has 6 nitrogen and oxygen atoms in total. The van der Waals surface area contributed by atoms with Crippen LogP contribution in [-0.2, 0) is 0 Å². The predicted molar refractivity (Wildman–Crippen MR) is 115 cm³/mol. The maximum Gasteiger partial charge on any atom is 0.263 e. The first-order valence-electron chi connectivity index (χ1n) is 9.01. The number of benzene rings is 1. The number of carbonyl (C=O) groups is 1. The van der Waals surface area contributed by atoms with Gasteiger partial charge in [-0.3, -0.25) is 4.79 Å². The summed E-state index contributed by atoms with van der Waals surface area (Å²) in [6.07, 6.45) is 6.72. The number of hydrogen-bond donors (Lipinski definition) is 2. The van der Waals surface area contributed by atoms with Crippen molar-refractivity contribution >= 4 is 40.0 Å². The first-order valence-corrected chi connectivity index (χ1v) is 11.2. The molecule has 4 aromatic rings. The van der Waals surface area contributed by atoms with Crippen LogP contribution in [0.15, 0.2) is 48.8 Å². The number of nitrogens with zero attached hydrogens (tertiary/aromatic N) is 3. The molecule has 0 saturated carbocycles. The number of aryl methyl sites for hydroxylation is 1. The van der Waals surface area contributed by atoms with Gasteiger partial charge in [0.25, 0.3) is 5.91 Å². The molecule has 1 unspecified atom stereocenters. The van der Waals surface area contributed by atoms with Crippen LogP contribution in [0.3, 0.4) is 0 Å². The van der Waals surface area contributed by atoms with Gasteiger partial charge in [0.1, 0.15) is 10.7 Å². The summed E-state index contributed by atoms with van der Waals surface area (Å²) in [7, 11) is 0. The van der Waals surface area contributed by atoms with Crippen molar-refractivity contribution in [2.45, 2.75) is 19.4 Å². The van der Waals surface area contributed by atoms with Crippen LogP contribution >= 0.6 is 23.1 Å². The zero-order valence-corrected chi connectivity index (χ0v) is 17.3. The number of para-hydroxylation sites is 2. The van der Waals surface area contributed by atoms with Gasteiger partial charge < -0.3 is 14.9 Å². The molecular formula is C20H21N5OS2. The fraction of sp³-hybridized carbons (Fsp3) is 0.250. The van der Waals surface area contributed by atoms with E-state index >= 15 is 0 Å². The number of H-pyrrole nitrogens is 1. The number of thioether (sulfide) groups is 1. The van der Waals surface area contributed by atoms with E-state index in [-0.39, 0.29) is 11.9 Å². The largest absolute Gasteiger partial charge is 0.341 e. The predicted octanol–water partition coefficient (Wildman–Crippen LogP) is 4.34. The third-order valence-electron chi connectivity index (χ3n) is 4.47. The third kappa shape index (κ3) is 3.83. The van der Waals surface area contributed by atoms with Gasteiger partial charge in [0.2, 0.25) is 0 Å². The number of aromatic nitrogens is 4. The van der Waals surface area contributed by atoms with Crippen molar-refractivity contribution in [3.8, 4) is 5.13 Å². The zero-order chi connectivity index (χ0) is 19.5. The van der Waals surface area contributed by atoms with Crippen molar-refractivity contribution in [1.82, 2.24) is 24.8 Å². The Bertz CT molecular complexity index is 1050. The van der Waals surface area contributed by atoms with Crippen LogP contribution in [0, 0.1) is 6.92 Å². The number of fused-ring (bicyclic) bond motifs is 1. The zero-order valence-electron chi connectivity index (χ0n) is 15.7. The minimum Gasteiger partial charge on any atom is -0.341 e. The molecule has 2 N–H and O–H groups in total. The number of aromatic amines is 1. The van der Waals surface area contributed by atoms with Gasteiger partial charge in [-0.15, -0.1) is 0 Å². The molecule has 3 heterocycles. The molecule has 0 bridgehead atoms. The lowest BCUT2D eigenvalue weighted by molar-refractivity contribution is 0.0937. The molecule has 0 aliphatic heterocycles. The molecule has 8 heteroatoms. The van der Waals surface area contributed by atoms with Gasteiger partial charge in [0.05, 0.1) is 22.8 Å². The topological polar surface area (TPSA) is 75.6 Å². The van der Waals surface area contributed by atoms with Crippen LogP contribution in [0.2, 0.25) is 0 Å². The number of hydrogen-bond acceptors (Lipinski definition) is 5. The van der Waals surface area contributed by atoms with Crippen LogP contribution in [0.25, 0.3) is 16.2 Å². The summed E-state index contributed by atoms with van der Waals surface area (Å²) in [4.78, 5) is 26.2. The molecule has 0 aliphatic rings. The van der Waals surface area contributed by atoms with E-state index < -0.39 is 0 Å². The first-order chi connectivity index (χ1) is 13.7. The molecule has 3 aromatic heterocycles. The Hall–Kier alpha value is -2.58. The smallest absolute Gasteiger partial charge is 0.263 e. The van der Waals surface area contributed by atoms with Gasteiger partial charge in [0.15, 0.2) is 5.13 Å². The van der Waals surface area contributed by atoms with Gasteiger partial charge in [-0.25, -0.2) is 9.97 Å². The van der Waals surface area contributed by atoms with Crippen molar-refractivity contribution in [2.75, 3.05) is 12.0 Å². The highest BCUT2D eigenvalue weighted by Crippen LogP contribution is 2.24. The molecule has 0 radical (unpaired) electrons. The SMILES string of the molecule is CSCCC(NC(=O)c1sc(-n2cccc2)nc1C)c1nc2ccccc2[nH]1. The van der Waals surface area contributed by atoms with Crippen LogP contribution in [0.4, 0.5) is 0 Å². The Labute approximate surface area is 171 Å². The van der Waals surface area contributed by atoms with Crippen LogP contribution in [0.5, 0.6) is 0 Å². The highest BCUT2D eigenvalue weighted by molar-refractivity contribution is 7.98. The standard InChI is InChI=1S/C20H21N5OS2/c1-13-17(28-20(21-13)25-10-5-6-11-25)19(26)24-16(9-12-27-2)18-22-14-7-3-4-8-15(14)23-18/h3-8,10-11,16H,9,12H2,1-2H3,(H,22,23)(H,24,26). The van der Waals surface area contributed by atoms with Crippen LogP contribution in [0.1, 0.15) is 33.7 Å². The van der Waals surface area contributed by atoms with Gasteiger partial charge in [-0.05, 0) is 49.6 Å². The molecule has 1 amide bonds. The molecule has 4 rings (SSSR count). The second-order valence-electron chi connectivity index (χ2n) is 6.45. The average molecular weight is 412 g/mol. The Morgan fingerprint density at radius 2 is 2.04 bits per heavy atom. The Balaban J connectivity index is 1.59. The van der Waals surface area contributed by atoms with Crippen LogP contribution < -0.4 is 5.32 Å². The lowest BCUT2D eigenvalue weighted by atomic mass is 10.2. The van der Waals surface area contributed by atoms with Crippen molar-refractivity contribution in [2.24, 2.45) is 0 Å². The number of rotatable bonds is 7. The maximum absolute atomic E-state index is 13.0. The maximum atomic E-state index is 13.0. The van der Waals surface area contributed by atoms with E-state index in [2.05, 4.69) is 26.5 Å². The molecule has 1 atom stereocenters. The van der Waals surface area contributed by atoms with Crippen molar-refractivity contribution in [3.63, 3.8) is 0 Å². The number of thiazole rings is 1. The number of carbonyl (C=O) groups excluding carboxylic acids is 1. The van der Waals surface area contributed by atoms with E-state index in [1.165, 1.54) is 11.3 Å². The lowest BCUT2D eigenvalue weighted by Gasteiger charge is -2.16. The average Bonchev–Trinajstić information content (AvgIpc) is 3.43. The monoisotopic (exact) mass is 411 g/mol. The fourth-order valence-electron chi connectivity index (χ4n) is 3.04. The van der Waals surface area contributed by atoms with Crippen LogP contribution in [-0.4, -0.2) is 37.4 Å². The number of nitrogens with one attached hydrogen (secondary N) is 2. The van der Waals surface area contributed by atoms with E-state index in [1.54, 1.807) is 11.8 Å². The van der Waals surface area contributed by atoms with Crippen molar-refractivity contribution in [3.05, 3.63) is 65.2 Å². The molecule has 0 saturated heterocycles. The quantitative estimate of drug-likeness (QED) is 0.474. The Kier molecular flexibility index (Phi) is 5.50. The summed E-state index contributed by atoms with van der Waals surface area (Å²) in [5, 5.41) is 3.95. The summed E-state index contributed by atoms with van der Waals surface area (Å²) in [6.45, 7) is 1.87. The first kappa shape index (κ1) is 18.8. The molecule has 0 aliphatic carbocycles. The summed E-state index contributed by atoms with van der Waals surface area (Å²) < 4.78 is 1.92. The van der Waals surface area contributed by atoms with Crippen molar-refractivity contribution < 1.29 is 4.79 Å². The summed E-state index contributed by atoms with van der Waals surface area (Å²) in [5.41, 5.74) is 2.62. The molecule has 28 heavy (non-hydrogen) atoms. The normalized spacial score (nSPS) is 12.4. The Morgan fingerprint density at radius 1 is 1.25 bits per heavy atom. The van der Waals surface area contributed by atoms with E-state index in [0.29, 0.717) is 4.88 Å². The minimum absolute atomic E-state index is 0.111. The van der Waals surface area contributed by atoms with E-state index in [9.17, 15) is 4.79 Å². The minimum atomic E-state index is -0.177. The van der Waals surface area contributed by atoms with Gasteiger partial charge in [-0.2, -0.15) is 11.8 Å².